The first kappa shape index (κ1) is 16.8. The Morgan fingerprint density at radius 2 is 2.04 bits per heavy atom. The van der Waals surface area contributed by atoms with Crippen molar-refractivity contribution < 1.29 is 23.2 Å². The van der Waals surface area contributed by atoms with Crippen LogP contribution < -0.4 is 4.74 Å². The summed E-state index contributed by atoms with van der Waals surface area (Å²) in [6, 6.07) is 5.55. The van der Waals surface area contributed by atoms with E-state index in [0.29, 0.717) is 6.08 Å². The second kappa shape index (κ2) is 5.92. The number of allylic oxidation sites excluding steroid dienone is 2. The number of fused-ring (bicyclic) bond motifs is 1. The molecule has 1 aliphatic heterocycles. The van der Waals surface area contributed by atoms with Crippen LogP contribution in [0.2, 0.25) is 0 Å². The highest BCUT2D eigenvalue weighted by atomic mass is 35.5. The molecular weight excluding hydrogens is 332 g/mol. The number of hydrogen-bond acceptors (Lipinski definition) is 4. The lowest BCUT2D eigenvalue weighted by Gasteiger charge is -2.33. The molecule has 2 unspecified atom stereocenters. The molecule has 2 atom stereocenters. The number of ether oxygens (including phenoxy) is 1. The normalized spacial score (nSPS) is 24.1. The summed E-state index contributed by atoms with van der Waals surface area (Å²) in [5.74, 6) is -3.82. The van der Waals surface area contributed by atoms with E-state index in [1.807, 2.05) is 0 Å². The molecule has 0 saturated carbocycles. The van der Waals surface area contributed by atoms with Gasteiger partial charge in [0.2, 0.25) is 6.10 Å². The van der Waals surface area contributed by atoms with Crippen LogP contribution in [0.25, 0.3) is 0 Å². The Bertz CT molecular complexity index is 762. The average Bonchev–Trinajstić information content (AvgIpc) is 2.51. The third kappa shape index (κ3) is 2.53. The third-order valence-electron chi connectivity index (χ3n) is 3.30. The van der Waals surface area contributed by atoms with Crippen LogP contribution in [0.15, 0.2) is 60.7 Å². The summed E-state index contributed by atoms with van der Waals surface area (Å²) in [7, 11) is 0. The van der Waals surface area contributed by atoms with Crippen LogP contribution >= 0.6 is 11.6 Å². The maximum atomic E-state index is 13.9. The Morgan fingerprint density at radius 3 is 2.57 bits per heavy atom. The summed E-state index contributed by atoms with van der Waals surface area (Å²) in [5, 5.41) is 11.4. The molecule has 0 N–H and O–H groups in total. The van der Waals surface area contributed by atoms with Crippen LogP contribution in [0.5, 0.6) is 5.75 Å². The number of Topliss-reactive ketones (excluding diaryl/α,β-unsaturated/α-hetero) is 1. The second-order valence-electron chi connectivity index (χ2n) is 4.62. The van der Waals surface area contributed by atoms with Crippen molar-refractivity contribution in [2.24, 2.45) is 0 Å². The Morgan fingerprint density at radius 1 is 1.43 bits per heavy atom. The van der Waals surface area contributed by atoms with Gasteiger partial charge >= 0.3 is 5.00 Å². The molecule has 0 bridgehead atoms. The average molecular weight is 342 g/mol. The van der Waals surface area contributed by atoms with Crippen molar-refractivity contribution in [2.45, 2.75) is 11.1 Å². The van der Waals surface area contributed by atoms with Crippen LogP contribution in [0.1, 0.15) is 10.4 Å². The first-order valence-corrected chi connectivity index (χ1v) is 6.63. The number of rotatable bonds is 4. The summed E-state index contributed by atoms with van der Waals surface area (Å²) >= 11 is 5.88. The van der Waals surface area contributed by atoms with E-state index in [9.17, 15) is 23.7 Å². The van der Waals surface area contributed by atoms with E-state index in [2.05, 4.69) is 13.2 Å². The number of para-hydroxylation sites is 1. The molecule has 0 fully saturated rings. The van der Waals surface area contributed by atoms with E-state index in [4.69, 9.17) is 16.3 Å². The molecule has 1 heterocycles. The third-order valence-corrected chi connectivity index (χ3v) is 3.81. The van der Waals surface area contributed by atoms with E-state index in [-0.39, 0.29) is 11.3 Å². The quantitative estimate of drug-likeness (QED) is 0.275. The van der Waals surface area contributed by atoms with Gasteiger partial charge in [0.1, 0.15) is 17.4 Å². The molecule has 0 radical (unpaired) electrons. The lowest BCUT2D eigenvalue weighted by Crippen LogP contribution is -2.57. The Labute approximate surface area is 134 Å². The van der Waals surface area contributed by atoms with Gasteiger partial charge in [-0.15, -0.1) is 0 Å². The zero-order valence-electron chi connectivity index (χ0n) is 11.6. The molecule has 0 spiro atoms. The van der Waals surface area contributed by atoms with Crippen molar-refractivity contribution in [2.75, 3.05) is 0 Å². The maximum absolute atomic E-state index is 13.9. The van der Waals surface area contributed by atoms with Crippen LogP contribution in [0.3, 0.4) is 0 Å². The second-order valence-corrected chi connectivity index (χ2v) is 5.20. The zero-order valence-corrected chi connectivity index (χ0v) is 12.3. The molecule has 0 aromatic heterocycles. The summed E-state index contributed by atoms with van der Waals surface area (Å²) in [5.41, 5.74) is -1.09. The molecule has 1 aromatic rings. The number of ketones is 1. The zero-order chi connectivity index (χ0) is 17.4. The van der Waals surface area contributed by atoms with Gasteiger partial charge in [-0.3, -0.25) is 14.9 Å². The Kier molecular flexibility index (Phi) is 4.33. The number of benzene rings is 1. The highest BCUT2D eigenvalue weighted by Gasteiger charge is 2.63. The van der Waals surface area contributed by atoms with Gasteiger partial charge < -0.3 is 4.74 Å². The van der Waals surface area contributed by atoms with Crippen LogP contribution in [0.4, 0.5) is 8.78 Å². The molecule has 0 saturated heterocycles. The molecule has 5 nitrogen and oxygen atoms in total. The van der Waals surface area contributed by atoms with Crippen molar-refractivity contribution in [1.29, 1.82) is 0 Å². The SMILES string of the molecule is C=C/C(F)=C(\C(=C)F)C1Oc2ccccc2C(=O)C1(Cl)[N+](=O)[O-]. The number of carbonyl (C=O) groups is 1. The van der Waals surface area contributed by atoms with Gasteiger partial charge in [0.05, 0.1) is 16.1 Å². The predicted octanol–water partition coefficient (Wildman–Crippen LogP) is 3.73. The van der Waals surface area contributed by atoms with Gasteiger partial charge in [0, 0.05) is 0 Å². The minimum atomic E-state index is -2.93. The number of nitrogens with zero attached hydrogens (tertiary/aromatic N) is 1. The lowest BCUT2D eigenvalue weighted by molar-refractivity contribution is -0.532. The maximum Gasteiger partial charge on any atom is 0.397 e. The Balaban J connectivity index is 2.76. The minimum absolute atomic E-state index is 0.0729. The number of alkyl halides is 1. The highest BCUT2D eigenvalue weighted by Crippen LogP contribution is 2.43. The van der Waals surface area contributed by atoms with E-state index < -0.39 is 39.0 Å². The van der Waals surface area contributed by atoms with Gasteiger partial charge in [-0.2, -0.15) is 0 Å². The van der Waals surface area contributed by atoms with Gasteiger partial charge in [-0.05, 0) is 29.8 Å². The number of nitro groups is 1. The van der Waals surface area contributed by atoms with Gasteiger partial charge in [-0.1, -0.05) is 25.3 Å². The van der Waals surface area contributed by atoms with E-state index in [1.54, 1.807) is 0 Å². The van der Waals surface area contributed by atoms with Gasteiger partial charge in [-0.25, -0.2) is 8.78 Å². The smallest absolute Gasteiger partial charge is 0.397 e. The van der Waals surface area contributed by atoms with Crippen molar-refractivity contribution in [3.8, 4) is 5.75 Å². The summed E-state index contributed by atoms with van der Waals surface area (Å²) in [6.07, 6.45) is -1.43. The Hall–Kier alpha value is -2.54. The van der Waals surface area contributed by atoms with Crippen molar-refractivity contribution >= 4 is 17.4 Å². The van der Waals surface area contributed by atoms with Crippen molar-refractivity contribution in [3.63, 3.8) is 0 Å². The molecule has 1 aliphatic rings. The molecule has 120 valence electrons. The van der Waals surface area contributed by atoms with Crippen molar-refractivity contribution in [1.82, 2.24) is 0 Å². The van der Waals surface area contributed by atoms with Gasteiger partial charge in [0.25, 0.3) is 5.78 Å². The van der Waals surface area contributed by atoms with E-state index in [1.165, 1.54) is 24.3 Å². The predicted molar refractivity (Wildman–Crippen MR) is 79.3 cm³/mol. The first-order chi connectivity index (χ1) is 10.7. The fourth-order valence-electron chi connectivity index (χ4n) is 2.21. The standard InChI is InChI=1S/C15H10ClF2NO4/c1-3-10(18)12(8(2)17)14-15(16,19(21)22)13(20)9-6-4-5-7-11(9)23-14/h3-7,14H,1-2H2/b12-10-. The molecular formula is C15H10ClF2NO4. The highest BCUT2D eigenvalue weighted by molar-refractivity contribution is 6.38. The molecule has 0 amide bonds. The molecule has 2 rings (SSSR count). The summed E-state index contributed by atoms with van der Waals surface area (Å²) < 4.78 is 32.9. The largest absolute Gasteiger partial charge is 0.475 e. The van der Waals surface area contributed by atoms with Crippen LogP contribution in [-0.2, 0) is 0 Å². The molecule has 8 heteroatoms. The number of carbonyl (C=O) groups excluding carboxylic acids is 1. The molecule has 23 heavy (non-hydrogen) atoms. The topological polar surface area (TPSA) is 69.4 Å². The number of halogens is 3. The summed E-state index contributed by atoms with van der Waals surface area (Å²) in [4.78, 5) is 19.8. The lowest BCUT2D eigenvalue weighted by atomic mass is 9.90. The van der Waals surface area contributed by atoms with E-state index >= 15 is 0 Å². The molecule has 0 aliphatic carbocycles. The fourth-order valence-corrected chi connectivity index (χ4v) is 2.46. The van der Waals surface area contributed by atoms with Crippen LogP contribution in [-0.4, -0.2) is 21.8 Å². The molecule has 1 aromatic carbocycles. The number of hydrogen-bond donors (Lipinski definition) is 0. The van der Waals surface area contributed by atoms with Crippen molar-refractivity contribution in [3.05, 3.63) is 76.4 Å². The van der Waals surface area contributed by atoms with Gasteiger partial charge in [0.15, 0.2) is 0 Å². The van der Waals surface area contributed by atoms with Crippen LogP contribution in [0, 0.1) is 10.1 Å². The summed E-state index contributed by atoms with van der Waals surface area (Å²) in [6.45, 7) is 6.04. The van der Waals surface area contributed by atoms with E-state index in [0.717, 1.165) is 0 Å². The minimum Gasteiger partial charge on any atom is -0.475 e. The fraction of sp³-hybridized carbons (Fsp3) is 0.133. The monoisotopic (exact) mass is 341 g/mol. The first-order valence-electron chi connectivity index (χ1n) is 6.25.